The van der Waals surface area contributed by atoms with Gasteiger partial charge in [-0.05, 0) is 25.0 Å². The number of ketones is 1. The monoisotopic (exact) mass is 240 g/mol. The van der Waals surface area contributed by atoms with Crippen LogP contribution in [0, 0.1) is 11.7 Å². The Hall–Kier alpha value is -0.890. The summed E-state index contributed by atoms with van der Waals surface area (Å²) in [5.41, 5.74) is 0.152. The second kappa shape index (κ2) is 4.96. The van der Waals surface area contributed by atoms with Gasteiger partial charge in [-0.1, -0.05) is 36.9 Å². The Balaban J connectivity index is 2.22. The maximum atomic E-state index is 13.7. The molecule has 1 nitrogen and oxygen atoms in total. The molecule has 0 aliphatic heterocycles. The molecule has 0 radical (unpaired) electrons. The van der Waals surface area contributed by atoms with Crippen molar-refractivity contribution in [2.75, 3.05) is 0 Å². The average Bonchev–Trinajstić information content (AvgIpc) is 2.33. The fourth-order valence-corrected chi connectivity index (χ4v) is 2.45. The van der Waals surface area contributed by atoms with Gasteiger partial charge in [0.15, 0.2) is 11.6 Å². The molecule has 0 saturated heterocycles. The van der Waals surface area contributed by atoms with Gasteiger partial charge >= 0.3 is 0 Å². The molecule has 0 spiro atoms. The van der Waals surface area contributed by atoms with Crippen LogP contribution in [-0.4, -0.2) is 5.78 Å². The number of carbonyl (C=O) groups is 1. The number of Topliss-reactive ketones (excluding diaryl/α,β-unsaturated/α-hetero) is 1. The van der Waals surface area contributed by atoms with Crippen LogP contribution in [0.1, 0.15) is 42.5 Å². The van der Waals surface area contributed by atoms with Crippen LogP contribution >= 0.6 is 11.6 Å². The zero-order chi connectivity index (χ0) is 11.5. The summed E-state index contributed by atoms with van der Waals surface area (Å²) >= 11 is 5.67. The number of carbonyl (C=O) groups excluding carboxylic acids is 1. The molecule has 1 saturated carbocycles. The molecule has 0 heterocycles. The van der Waals surface area contributed by atoms with Gasteiger partial charge in [0.25, 0.3) is 0 Å². The third kappa shape index (κ3) is 2.27. The molecule has 0 unspecified atom stereocenters. The van der Waals surface area contributed by atoms with Gasteiger partial charge in [0.2, 0.25) is 0 Å². The van der Waals surface area contributed by atoms with E-state index in [1.807, 2.05) is 0 Å². The normalized spacial score (nSPS) is 17.4. The molecule has 0 bridgehead atoms. The lowest BCUT2D eigenvalue weighted by Crippen LogP contribution is -2.19. The van der Waals surface area contributed by atoms with Gasteiger partial charge in [-0.2, -0.15) is 0 Å². The van der Waals surface area contributed by atoms with Crippen LogP contribution in [-0.2, 0) is 0 Å². The maximum absolute atomic E-state index is 13.7. The number of hydrogen-bond donors (Lipinski definition) is 0. The highest BCUT2D eigenvalue weighted by atomic mass is 35.5. The predicted octanol–water partition coefficient (Wildman–Crippen LogP) is 4.24. The Kier molecular flexibility index (Phi) is 3.59. The van der Waals surface area contributed by atoms with Gasteiger partial charge in [0.05, 0.1) is 10.6 Å². The summed E-state index contributed by atoms with van der Waals surface area (Å²) in [6.45, 7) is 0. The first kappa shape index (κ1) is 11.6. The van der Waals surface area contributed by atoms with Crippen LogP contribution in [0.25, 0.3) is 0 Å². The molecule has 1 aromatic carbocycles. The molecule has 2 rings (SSSR count). The first-order valence-electron chi connectivity index (χ1n) is 5.68. The second-order valence-corrected chi connectivity index (χ2v) is 4.71. The van der Waals surface area contributed by atoms with Crippen LogP contribution in [0.3, 0.4) is 0 Å². The lowest BCUT2D eigenvalue weighted by Gasteiger charge is -2.20. The Labute approximate surface area is 99.6 Å². The lowest BCUT2D eigenvalue weighted by molar-refractivity contribution is 0.0885. The Morgan fingerprint density at radius 1 is 1.25 bits per heavy atom. The molecule has 0 amide bonds. The van der Waals surface area contributed by atoms with Crippen LogP contribution in [0.2, 0.25) is 5.02 Å². The van der Waals surface area contributed by atoms with E-state index in [2.05, 4.69) is 0 Å². The molecule has 1 aromatic rings. The maximum Gasteiger partial charge on any atom is 0.168 e. The van der Waals surface area contributed by atoms with Crippen molar-refractivity contribution in [2.24, 2.45) is 5.92 Å². The summed E-state index contributed by atoms with van der Waals surface area (Å²) in [5.74, 6) is -0.666. The van der Waals surface area contributed by atoms with Gasteiger partial charge in [-0.3, -0.25) is 4.79 Å². The highest BCUT2D eigenvalue weighted by molar-refractivity contribution is 6.31. The van der Waals surface area contributed by atoms with Crippen molar-refractivity contribution < 1.29 is 9.18 Å². The largest absolute Gasteiger partial charge is 0.294 e. The smallest absolute Gasteiger partial charge is 0.168 e. The third-order valence-electron chi connectivity index (χ3n) is 3.19. The van der Waals surface area contributed by atoms with Crippen LogP contribution in [0.4, 0.5) is 4.39 Å². The molecule has 1 aliphatic rings. The zero-order valence-corrected chi connectivity index (χ0v) is 9.77. The standard InChI is InChI=1S/C13H14ClFO/c14-11-8-4-7-10(12(11)15)13(16)9-5-2-1-3-6-9/h4,7-9H,1-3,5-6H2. The van der Waals surface area contributed by atoms with Gasteiger partial charge < -0.3 is 0 Å². The van der Waals surface area contributed by atoms with E-state index in [9.17, 15) is 9.18 Å². The Morgan fingerprint density at radius 3 is 2.62 bits per heavy atom. The summed E-state index contributed by atoms with van der Waals surface area (Å²) in [4.78, 5) is 12.1. The van der Waals surface area contributed by atoms with E-state index in [0.29, 0.717) is 0 Å². The SMILES string of the molecule is O=C(c1cccc(Cl)c1F)C1CCCCC1. The number of halogens is 2. The highest BCUT2D eigenvalue weighted by Crippen LogP contribution is 2.29. The summed E-state index contributed by atoms with van der Waals surface area (Å²) in [7, 11) is 0. The van der Waals surface area contributed by atoms with Crippen LogP contribution in [0.15, 0.2) is 18.2 Å². The highest BCUT2D eigenvalue weighted by Gasteiger charge is 2.25. The van der Waals surface area contributed by atoms with Crippen molar-refractivity contribution in [1.82, 2.24) is 0 Å². The number of hydrogen-bond acceptors (Lipinski definition) is 1. The molecule has 0 N–H and O–H groups in total. The van der Waals surface area contributed by atoms with Crippen LogP contribution < -0.4 is 0 Å². The van der Waals surface area contributed by atoms with E-state index in [1.54, 1.807) is 6.07 Å². The molecular formula is C13H14ClFO. The zero-order valence-electron chi connectivity index (χ0n) is 9.01. The molecule has 1 fully saturated rings. The fraction of sp³-hybridized carbons (Fsp3) is 0.462. The van der Waals surface area contributed by atoms with E-state index < -0.39 is 5.82 Å². The molecule has 86 valence electrons. The second-order valence-electron chi connectivity index (χ2n) is 4.30. The molecule has 0 atom stereocenters. The summed E-state index contributed by atoms with van der Waals surface area (Å²) in [6, 6.07) is 4.62. The average molecular weight is 241 g/mol. The third-order valence-corrected chi connectivity index (χ3v) is 3.48. The summed E-state index contributed by atoms with van der Waals surface area (Å²) in [5, 5.41) is 0.0293. The first-order valence-corrected chi connectivity index (χ1v) is 6.06. The van der Waals surface area contributed by atoms with Crippen molar-refractivity contribution in [2.45, 2.75) is 32.1 Å². The van der Waals surface area contributed by atoms with Gasteiger partial charge in [0, 0.05) is 5.92 Å². The Bertz CT molecular complexity index is 397. The number of rotatable bonds is 2. The molecule has 1 aliphatic carbocycles. The van der Waals surface area contributed by atoms with Crippen molar-refractivity contribution in [1.29, 1.82) is 0 Å². The Morgan fingerprint density at radius 2 is 1.94 bits per heavy atom. The predicted molar refractivity (Wildman–Crippen MR) is 62.3 cm³/mol. The fourth-order valence-electron chi connectivity index (χ4n) is 2.28. The lowest BCUT2D eigenvalue weighted by atomic mass is 9.84. The van der Waals surface area contributed by atoms with Gasteiger partial charge in [0.1, 0.15) is 0 Å². The minimum absolute atomic E-state index is 0.0123. The minimum atomic E-state index is -0.570. The van der Waals surface area contributed by atoms with Crippen molar-refractivity contribution in [3.05, 3.63) is 34.6 Å². The topological polar surface area (TPSA) is 17.1 Å². The van der Waals surface area contributed by atoms with Crippen molar-refractivity contribution in [3.63, 3.8) is 0 Å². The summed E-state index contributed by atoms with van der Waals surface area (Å²) < 4.78 is 13.7. The van der Waals surface area contributed by atoms with Crippen molar-refractivity contribution >= 4 is 17.4 Å². The quantitative estimate of drug-likeness (QED) is 0.707. The molecule has 16 heavy (non-hydrogen) atoms. The van der Waals surface area contributed by atoms with Gasteiger partial charge in [-0.15, -0.1) is 0 Å². The van der Waals surface area contributed by atoms with E-state index in [0.717, 1.165) is 25.7 Å². The van der Waals surface area contributed by atoms with Gasteiger partial charge in [-0.25, -0.2) is 4.39 Å². The van der Waals surface area contributed by atoms with E-state index >= 15 is 0 Å². The first-order chi connectivity index (χ1) is 7.70. The minimum Gasteiger partial charge on any atom is -0.294 e. The van der Waals surface area contributed by atoms with Crippen molar-refractivity contribution in [3.8, 4) is 0 Å². The summed E-state index contributed by atoms with van der Waals surface area (Å²) in [6.07, 6.45) is 5.08. The van der Waals surface area contributed by atoms with E-state index in [1.165, 1.54) is 18.6 Å². The van der Waals surface area contributed by atoms with E-state index in [4.69, 9.17) is 11.6 Å². The molecular weight excluding hydrogens is 227 g/mol. The van der Waals surface area contributed by atoms with E-state index in [-0.39, 0.29) is 22.3 Å². The molecule has 3 heteroatoms. The number of benzene rings is 1. The van der Waals surface area contributed by atoms with Crippen LogP contribution in [0.5, 0.6) is 0 Å². The molecule has 0 aromatic heterocycles.